The Morgan fingerprint density at radius 1 is 1.03 bits per heavy atom. The summed E-state index contributed by atoms with van der Waals surface area (Å²) in [5.74, 6) is 0.697. The number of nitrogens with zero attached hydrogens (tertiary/aromatic N) is 3. The van der Waals surface area contributed by atoms with Crippen LogP contribution in [0.3, 0.4) is 0 Å². The molecule has 0 radical (unpaired) electrons. The van der Waals surface area contributed by atoms with Crippen molar-refractivity contribution in [2.45, 2.75) is 38.8 Å². The van der Waals surface area contributed by atoms with Crippen LogP contribution in [0, 0.1) is 20.8 Å². The van der Waals surface area contributed by atoms with Crippen LogP contribution >= 0.6 is 0 Å². The number of sulfonamides is 1. The normalized spacial score (nSPS) is 11.9. The SMILES string of the molecule is COCCN(Cc1nccn1Cc1cc(C)ccc1C)S(=O)(=O)c1ccc(C)cc1. The fraction of sp³-hybridized carbons (Fsp3) is 0.348. The molecular weight excluding hydrogens is 398 g/mol. The maximum absolute atomic E-state index is 13.3. The summed E-state index contributed by atoms with van der Waals surface area (Å²) in [6, 6.07) is 13.3. The van der Waals surface area contributed by atoms with E-state index in [-0.39, 0.29) is 18.0 Å². The van der Waals surface area contributed by atoms with E-state index in [1.54, 1.807) is 25.4 Å². The van der Waals surface area contributed by atoms with Gasteiger partial charge < -0.3 is 9.30 Å². The number of aromatic nitrogens is 2. The molecule has 0 aliphatic heterocycles. The first-order valence-corrected chi connectivity index (χ1v) is 11.4. The molecular formula is C23H29N3O3S. The van der Waals surface area contributed by atoms with Crippen LogP contribution in [0.25, 0.3) is 0 Å². The van der Waals surface area contributed by atoms with Gasteiger partial charge in [-0.2, -0.15) is 4.31 Å². The van der Waals surface area contributed by atoms with Gasteiger partial charge >= 0.3 is 0 Å². The number of hydrogen-bond donors (Lipinski definition) is 0. The third-order valence-electron chi connectivity index (χ3n) is 5.17. The number of hydrogen-bond acceptors (Lipinski definition) is 4. The van der Waals surface area contributed by atoms with Crippen LogP contribution in [-0.4, -0.2) is 42.5 Å². The Labute approximate surface area is 179 Å². The van der Waals surface area contributed by atoms with Gasteiger partial charge in [0.25, 0.3) is 0 Å². The molecule has 0 amide bonds. The molecule has 3 aromatic rings. The second kappa shape index (κ2) is 9.55. The van der Waals surface area contributed by atoms with Gasteiger partial charge in [0.15, 0.2) is 0 Å². The Morgan fingerprint density at radius 3 is 2.43 bits per heavy atom. The number of rotatable bonds is 9. The van der Waals surface area contributed by atoms with Crippen molar-refractivity contribution in [3.8, 4) is 0 Å². The van der Waals surface area contributed by atoms with E-state index in [1.807, 2.05) is 29.8 Å². The standard InChI is InChI=1S/C23H29N3O3S/c1-18-6-9-22(10-7-18)30(27,28)26(13-14-29-4)17-23-24-11-12-25(23)16-21-15-19(2)5-8-20(21)3/h5-12,15H,13-14,16-17H2,1-4H3. The molecule has 3 rings (SSSR count). The minimum absolute atomic E-state index is 0.178. The van der Waals surface area contributed by atoms with Crippen molar-refractivity contribution in [1.29, 1.82) is 0 Å². The number of ether oxygens (including phenoxy) is 1. The molecule has 0 fully saturated rings. The lowest BCUT2D eigenvalue weighted by Crippen LogP contribution is -2.34. The van der Waals surface area contributed by atoms with Crippen molar-refractivity contribution in [3.05, 3.63) is 82.9 Å². The van der Waals surface area contributed by atoms with Crippen LogP contribution in [0.2, 0.25) is 0 Å². The van der Waals surface area contributed by atoms with Crippen molar-refractivity contribution in [1.82, 2.24) is 13.9 Å². The van der Waals surface area contributed by atoms with Crippen molar-refractivity contribution < 1.29 is 13.2 Å². The molecule has 1 heterocycles. The molecule has 0 saturated carbocycles. The largest absolute Gasteiger partial charge is 0.383 e. The summed E-state index contributed by atoms with van der Waals surface area (Å²) in [4.78, 5) is 4.72. The van der Waals surface area contributed by atoms with Crippen LogP contribution in [0.4, 0.5) is 0 Å². The molecule has 0 atom stereocenters. The van der Waals surface area contributed by atoms with Gasteiger partial charge in [-0.05, 0) is 44.0 Å². The van der Waals surface area contributed by atoms with Gasteiger partial charge in [-0.3, -0.25) is 0 Å². The number of benzene rings is 2. The molecule has 0 aliphatic carbocycles. The van der Waals surface area contributed by atoms with E-state index in [4.69, 9.17) is 4.74 Å². The minimum atomic E-state index is -3.67. The van der Waals surface area contributed by atoms with Crippen LogP contribution in [-0.2, 0) is 27.8 Å². The molecule has 6 nitrogen and oxygen atoms in total. The zero-order chi connectivity index (χ0) is 21.7. The van der Waals surface area contributed by atoms with Crippen molar-refractivity contribution in [2.24, 2.45) is 0 Å². The van der Waals surface area contributed by atoms with Crippen molar-refractivity contribution >= 4 is 10.0 Å². The molecule has 0 N–H and O–H groups in total. The summed E-state index contributed by atoms with van der Waals surface area (Å²) in [6.45, 7) is 7.47. The van der Waals surface area contributed by atoms with Crippen LogP contribution < -0.4 is 0 Å². The molecule has 0 spiro atoms. The van der Waals surface area contributed by atoms with E-state index < -0.39 is 10.0 Å². The Morgan fingerprint density at radius 2 is 1.73 bits per heavy atom. The highest BCUT2D eigenvalue weighted by molar-refractivity contribution is 7.89. The lowest BCUT2D eigenvalue weighted by molar-refractivity contribution is 0.176. The molecule has 0 bridgehead atoms. The summed E-state index contributed by atoms with van der Waals surface area (Å²) < 4.78 is 35.2. The van der Waals surface area contributed by atoms with Gasteiger partial charge in [-0.1, -0.05) is 41.5 Å². The van der Waals surface area contributed by atoms with Gasteiger partial charge in [0, 0.05) is 32.6 Å². The average Bonchev–Trinajstić information content (AvgIpc) is 3.15. The first kappa shape index (κ1) is 22.2. The number of imidazole rings is 1. The first-order valence-electron chi connectivity index (χ1n) is 9.93. The van der Waals surface area contributed by atoms with Crippen LogP contribution in [0.15, 0.2) is 59.8 Å². The lowest BCUT2D eigenvalue weighted by Gasteiger charge is -2.22. The molecule has 0 aliphatic rings. The minimum Gasteiger partial charge on any atom is -0.383 e. The molecule has 0 saturated heterocycles. The van der Waals surface area contributed by atoms with Gasteiger partial charge in [0.05, 0.1) is 18.0 Å². The van der Waals surface area contributed by atoms with E-state index in [1.165, 1.54) is 21.0 Å². The monoisotopic (exact) mass is 427 g/mol. The van der Waals surface area contributed by atoms with Crippen LogP contribution in [0.1, 0.15) is 28.1 Å². The predicted octanol–water partition coefficient (Wildman–Crippen LogP) is 3.69. The number of aryl methyl sites for hydroxylation is 3. The summed E-state index contributed by atoms with van der Waals surface area (Å²) in [7, 11) is -2.10. The number of methoxy groups -OCH3 is 1. The van der Waals surface area contributed by atoms with Crippen LogP contribution in [0.5, 0.6) is 0 Å². The highest BCUT2D eigenvalue weighted by Gasteiger charge is 2.26. The van der Waals surface area contributed by atoms with Crippen molar-refractivity contribution in [2.75, 3.05) is 20.3 Å². The zero-order valence-corrected chi connectivity index (χ0v) is 18.8. The van der Waals surface area contributed by atoms with Gasteiger partial charge in [-0.25, -0.2) is 13.4 Å². The molecule has 0 unspecified atom stereocenters. The fourth-order valence-corrected chi connectivity index (χ4v) is 4.66. The van der Waals surface area contributed by atoms with E-state index >= 15 is 0 Å². The summed E-state index contributed by atoms with van der Waals surface area (Å²) in [5.41, 5.74) is 4.60. The predicted molar refractivity (Wildman–Crippen MR) is 118 cm³/mol. The maximum Gasteiger partial charge on any atom is 0.243 e. The molecule has 2 aromatic carbocycles. The van der Waals surface area contributed by atoms with Gasteiger partial charge in [0.1, 0.15) is 5.82 Å². The van der Waals surface area contributed by atoms with E-state index in [0.29, 0.717) is 19.0 Å². The Kier molecular flexibility index (Phi) is 7.07. The Bertz CT molecular complexity index is 1090. The Balaban J connectivity index is 1.88. The second-order valence-corrected chi connectivity index (χ2v) is 9.48. The molecule has 7 heteroatoms. The summed E-state index contributed by atoms with van der Waals surface area (Å²) in [6.07, 6.45) is 3.61. The lowest BCUT2D eigenvalue weighted by atomic mass is 10.1. The molecule has 160 valence electrons. The van der Waals surface area contributed by atoms with Crippen molar-refractivity contribution in [3.63, 3.8) is 0 Å². The third kappa shape index (κ3) is 5.16. The summed E-state index contributed by atoms with van der Waals surface area (Å²) in [5, 5.41) is 0. The maximum atomic E-state index is 13.3. The average molecular weight is 428 g/mol. The van der Waals surface area contributed by atoms with E-state index in [0.717, 1.165) is 5.56 Å². The Hall–Kier alpha value is -2.48. The van der Waals surface area contributed by atoms with Gasteiger partial charge in [0.2, 0.25) is 10.0 Å². The highest BCUT2D eigenvalue weighted by Crippen LogP contribution is 2.20. The van der Waals surface area contributed by atoms with Gasteiger partial charge in [-0.15, -0.1) is 0 Å². The first-order chi connectivity index (χ1) is 14.3. The highest BCUT2D eigenvalue weighted by atomic mass is 32.2. The fourth-order valence-electron chi connectivity index (χ4n) is 3.28. The molecule has 30 heavy (non-hydrogen) atoms. The smallest absolute Gasteiger partial charge is 0.243 e. The topological polar surface area (TPSA) is 64.4 Å². The van der Waals surface area contributed by atoms with E-state index in [2.05, 4.69) is 37.0 Å². The van der Waals surface area contributed by atoms with E-state index in [9.17, 15) is 8.42 Å². The summed E-state index contributed by atoms with van der Waals surface area (Å²) >= 11 is 0. The second-order valence-electron chi connectivity index (χ2n) is 7.55. The quantitative estimate of drug-likeness (QED) is 0.522. The zero-order valence-electron chi connectivity index (χ0n) is 18.0. The molecule has 1 aromatic heterocycles. The third-order valence-corrected chi connectivity index (χ3v) is 7.03.